The van der Waals surface area contributed by atoms with E-state index in [2.05, 4.69) is 38.7 Å². The Morgan fingerprint density at radius 3 is 1.68 bits per heavy atom. The molecule has 28 heavy (non-hydrogen) atoms. The number of likely N-dealkylation sites (N-methyl/N-ethyl adjacent to an activating group) is 1. The minimum atomic E-state index is -0.984. The molecule has 0 aromatic heterocycles. The van der Waals surface area contributed by atoms with Gasteiger partial charge in [-0.25, -0.2) is 0 Å². The zero-order chi connectivity index (χ0) is 21.5. The number of allylic oxidation sites excluding steroid dienone is 2. The van der Waals surface area contributed by atoms with E-state index in [-0.39, 0.29) is 6.54 Å². The van der Waals surface area contributed by atoms with Gasteiger partial charge in [0.2, 0.25) is 0 Å². The van der Waals surface area contributed by atoms with Gasteiger partial charge in [0, 0.05) is 6.54 Å². The van der Waals surface area contributed by atoms with Crippen molar-refractivity contribution >= 4 is 5.97 Å². The van der Waals surface area contributed by atoms with Gasteiger partial charge in [0.1, 0.15) is 0 Å². The molecule has 0 aromatic rings. The predicted molar refractivity (Wildman–Crippen MR) is 120 cm³/mol. The van der Waals surface area contributed by atoms with Crippen LogP contribution in [0, 0.1) is 0 Å². The highest BCUT2D eigenvalue weighted by Gasteiger charge is 1.98. The summed E-state index contributed by atoms with van der Waals surface area (Å²) in [5.74, 6) is -0.984. The Hall–Kier alpha value is -0.870. The molecule has 0 radical (unpaired) electrons. The summed E-state index contributed by atoms with van der Waals surface area (Å²) in [7, 11) is 1.84. The molecule has 3 N–H and O–H groups in total. The van der Waals surface area contributed by atoms with Crippen molar-refractivity contribution in [3.8, 4) is 0 Å². The van der Waals surface area contributed by atoms with Crippen molar-refractivity contribution < 1.29 is 15.6 Å². The van der Waals surface area contributed by atoms with E-state index in [0.29, 0.717) is 6.04 Å². The van der Waals surface area contributed by atoms with Crippen molar-refractivity contribution in [3.05, 3.63) is 12.2 Å². The van der Waals surface area contributed by atoms with E-state index >= 15 is 0 Å². The number of carboxylic acid groups (broad SMARTS) is 1. The molecule has 0 fully saturated rings. The van der Waals surface area contributed by atoms with Crippen LogP contribution < -0.4 is 10.8 Å². The molecule has 0 heterocycles. The number of unbranched alkanes of at least 4 members (excludes halogenated alkanes) is 12. The summed E-state index contributed by atoms with van der Waals surface area (Å²) in [6.07, 6.45) is 23.0. The molecular weight excluding hydrogens is 348 g/mol. The second-order valence-electron chi connectivity index (χ2n) is 8.44. The Bertz CT molecular complexity index is 341. The Balaban J connectivity index is 0. The van der Waals surface area contributed by atoms with Crippen molar-refractivity contribution in [3.63, 3.8) is 0 Å². The fraction of sp³-hybridized carbons (Fsp3) is 0.875. The van der Waals surface area contributed by atoms with Crippen LogP contribution in [-0.4, -0.2) is 37.0 Å². The molecule has 0 saturated heterocycles. The van der Waals surface area contributed by atoms with Gasteiger partial charge in [-0.05, 0) is 59.5 Å². The maximum absolute atomic E-state index is 10.4. The monoisotopic (exact) mass is 398 g/mol. The molecular formula is C24H50N2O2. The third kappa shape index (κ3) is 32.8. The Labute approximate surface area is 176 Å². The van der Waals surface area contributed by atoms with Gasteiger partial charge >= 0.3 is 0 Å². The minimum absolute atomic E-state index is 0.0467. The molecule has 0 amide bonds. The van der Waals surface area contributed by atoms with Gasteiger partial charge in [-0.2, -0.15) is 0 Å². The fourth-order valence-corrected chi connectivity index (χ4v) is 2.93. The van der Waals surface area contributed by atoms with Crippen LogP contribution in [0.15, 0.2) is 12.2 Å². The average Bonchev–Trinajstić information content (AvgIpc) is 2.60. The summed E-state index contributed by atoms with van der Waals surface area (Å²) in [4.78, 5) is 12.2. The first-order valence-corrected chi connectivity index (χ1v) is 11.8. The highest BCUT2D eigenvalue weighted by Crippen LogP contribution is 2.10. The predicted octanol–water partition coefficient (Wildman–Crippen LogP) is 4.34. The molecule has 0 spiro atoms. The molecule has 0 aliphatic carbocycles. The minimum Gasteiger partial charge on any atom is -0.549 e. The van der Waals surface area contributed by atoms with Gasteiger partial charge in [0.25, 0.3) is 0 Å². The number of aliphatic carboxylic acids is 1. The lowest BCUT2D eigenvalue weighted by molar-refractivity contribution is -0.407. The van der Waals surface area contributed by atoms with Crippen LogP contribution in [0.5, 0.6) is 0 Å². The summed E-state index contributed by atoms with van der Waals surface area (Å²) in [6, 6.07) is 0.583. The van der Waals surface area contributed by atoms with Gasteiger partial charge < -0.3 is 20.5 Å². The lowest BCUT2D eigenvalue weighted by atomic mass is 10.1. The first-order chi connectivity index (χ1) is 13.4. The van der Waals surface area contributed by atoms with Crippen LogP contribution in [-0.2, 0) is 4.79 Å². The first-order valence-electron chi connectivity index (χ1n) is 11.8. The number of hydrogen-bond donors (Lipinski definition) is 1. The average molecular weight is 399 g/mol. The first kappa shape index (κ1) is 29.3. The number of carbonyl (C=O) groups is 1. The molecule has 4 nitrogen and oxygen atoms in total. The largest absolute Gasteiger partial charge is 0.549 e. The number of carbonyl (C=O) groups excluding carboxylic acids is 1. The van der Waals surface area contributed by atoms with Crippen LogP contribution in [0.4, 0.5) is 0 Å². The molecule has 0 atom stereocenters. The van der Waals surface area contributed by atoms with Gasteiger partial charge in [0.15, 0.2) is 0 Å². The molecule has 0 bridgehead atoms. The van der Waals surface area contributed by atoms with Crippen LogP contribution >= 0.6 is 0 Å². The third-order valence-corrected chi connectivity index (χ3v) is 4.45. The zero-order valence-corrected chi connectivity index (χ0v) is 19.5. The van der Waals surface area contributed by atoms with E-state index in [9.17, 15) is 9.90 Å². The Kier molecular flexibility index (Phi) is 25.3. The van der Waals surface area contributed by atoms with Crippen molar-refractivity contribution in [2.45, 2.75) is 117 Å². The number of nitrogens with zero attached hydrogens (tertiary/aromatic N) is 1. The quantitative estimate of drug-likeness (QED) is 0.276. The van der Waals surface area contributed by atoms with E-state index < -0.39 is 5.97 Å². The maximum atomic E-state index is 10.4. The molecule has 0 unspecified atom stereocenters. The van der Waals surface area contributed by atoms with Gasteiger partial charge in [-0.3, -0.25) is 0 Å². The highest BCUT2D eigenvalue weighted by atomic mass is 16.4. The normalized spacial score (nSPS) is 11.2. The van der Waals surface area contributed by atoms with E-state index in [1.54, 1.807) is 0 Å². The number of quaternary nitrogens is 1. The lowest BCUT2D eigenvalue weighted by Crippen LogP contribution is -2.57. The number of carboxylic acids is 1. The van der Waals surface area contributed by atoms with Crippen LogP contribution in [0.1, 0.15) is 111 Å². The molecule has 0 rings (SSSR count). The SMILES string of the molecule is CC(C)[NH3+].CCCCCCCC/C=C\CCCCCCCCN(C)CC(=O)[O-]. The van der Waals surface area contributed by atoms with E-state index in [1.807, 2.05) is 11.9 Å². The highest BCUT2D eigenvalue weighted by molar-refractivity contribution is 5.66. The van der Waals surface area contributed by atoms with Crippen LogP contribution in [0.2, 0.25) is 0 Å². The Morgan fingerprint density at radius 2 is 1.25 bits per heavy atom. The van der Waals surface area contributed by atoms with Crippen LogP contribution in [0.3, 0.4) is 0 Å². The van der Waals surface area contributed by atoms with Gasteiger partial charge in [-0.1, -0.05) is 76.9 Å². The fourth-order valence-electron chi connectivity index (χ4n) is 2.93. The molecule has 0 saturated carbocycles. The summed E-state index contributed by atoms with van der Waals surface area (Å²) >= 11 is 0. The van der Waals surface area contributed by atoms with E-state index in [4.69, 9.17) is 0 Å². The summed E-state index contributed by atoms with van der Waals surface area (Å²) in [5.41, 5.74) is 3.64. The van der Waals surface area contributed by atoms with Gasteiger partial charge in [0.05, 0.1) is 12.0 Å². The van der Waals surface area contributed by atoms with E-state index in [0.717, 1.165) is 13.0 Å². The molecule has 0 aliphatic heterocycles. The van der Waals surface area contributed by atoms with Crippen molar-refractivity contribution in [1.29, 1.82) is 0 Å². The lowest BCUT2D eigenvalue weighted by Gasteiger charge is -2.16. The van der Waals surface area contributed by atoms with Crippen molar-refractivity contribution in [2.24, 2.45) is 0 Å². The summed E-state index contributed by atoms with van der Waals surface area (Å²) < 4.78 is 0. The van der Waals surface area contributed by atoms with Gasteiger partial charge in [-0.15, -0.1) is 0 Å². The number of rotatable bonds is 18. The smallest absolute Gasteiger partial charge is 0.0786 e. The summed E-state index contributed by atoms with van der Waals surface area (Å²) in [5, 5.41) is 10.4. The Morgan fingerprint density at radius 1 is 0.857 bits per heavy atom. The molecule has 0 aromatic carbocycles. The standard InChI is InChI=1S/C21H41NO2.C3H9N/c1-3-4-5-6-7-8-9-10-11-12-13-14-15-16-17-18-19-22(2)20-21(23)24;1-3(2)4/h10-11H,3-9,12-20H2,1-2H3,(H,23,24);3H,4H2,1-2H3/b11-10-;. The second kappa shape index (κ2) is 24.2. The zero-order valence-electron chi connectivity index (χ0n) is 19.5. The molecule has 0 aliphatic rings. The third-order valence-electron chi connectivity index (χ3n) is 4.45. The van der Waals surface area contributed by atoms with Crippen molar-refractivity contribution in [2.75, 3.05) is 20.1 Å². The molecule has 168 valence electrons. The summed E-state index contributed by atoms with van der Waals surface area (Å²) in [6.45, 7) is 7.28. The van der Waals surface area contributed by atoms with Crippen LogP contribution in [0.25, 0.3) is 0 Å². The maximum Gasteiger partial charge on any atom is 0.0786 e. The van der Waals surface area contributed by atoms with Crippen molar-refractivity contribution in [1.82, 2.24) is 4.90 Å². The topological polar surface area (TPSA) is 71.0 Å². The molecule has 4 heteroatoms. The number of hydrogen-bond acceptors (Lipinski definition) is 3. The van der Waals surface area contributed by atoms with E-state index in [1.165, 1.54) is 83.5 Å². The second-order valence-corrected chi connectivity index (χ2v) is 8.44.